The van der Waals surface area contributed by atoms with Crippen LogP contribution in [-0.4, -0.2) is 59.0 Å². The summed E-state index contributed by atoms with van der Waals surface area (Å²) < 4.78 is 6.84. The van der Waals surface area contributed by atoms with E-state index in [1.807, 2.05) is 16.8 Å². The largest absolute Gasteiger partial charge is 0.383 e. The second-order valence-corrected chi connectivity index (χ2v) is 5.75. The van der Waals surface area contributed by atoms with Crippen molar-refractivity contribution in [3.63, 3.8) is 0 Å². The minimum atomic E-state index is -0.129. The van der Waals surface area contributed by atoms with Crippen LogP contribution in [0.15, 0.2) is 31.0 Å². The minimum Gasteiger partial charge on any atom is -0.383 e. The molecule has 0 spiro atoms. The molecule has 0 bridgehead atoms. The normalized spacial score (nSPS) is 15.5. The molecule has 2 aromatic heterocycles. The molecule has 1 amide bonds. The standard InChI is InChI=1S/C16H22N6O2/c1-24-9-6-18-16(23)13-2-3-15(19-10-13)21-7-4-14(5-8-21)22-12-17-11-20-22/h2-3,10-12,14H,4-9H2,1H3,(H,18,23). The average molecular weight is 330 g/mol. The number of anilines is 1. The first-order chi connectivity index (χ1) is 11.8. The third-order valence-corrected chi connectivity index (χ3v) is 4.20. The second kappa shape index (κ2) is 7.87. The number of hydrogen-bond donors (Lipinski definition) is 1. The topological polar surface area (TPSA) is 85.2 Å². The number of aromatic nitrogens is 4. The number of piperidine rings is 1. The van der Waals surface area contributed by atoms with Crippen LogP contribution < -0.4 is 10.2 Å². The van der Waals surface area contributed by atoms with Gasteiger partial charge in [-0.2, -0.15) is 5.10 Å². The molecule has 0 unspecified atom stereocenters. The predicted molar refractivity (Wildman–Crippen MR) is 89.0 cm³/mol. The number of amides is 1. The Bertz CT molecular complexity index is 635. The van der Waals surface area contributed by atoms with Crippen LogP contribution in [0.3, 0.4) is 0 Å². The van der Waals surface area contributed by atoms with E-state index in [1.54, 1.807) is 26.0 Å². The lowest BCUT2D eigenvalue weighted by Gasteiger charge is -2.32. The first-order valence-electron chi connectivity index (χ1n) is 8.10. The summed E-state index contributed by atoms with van der Waals surface area (Å²) in [5.74, 6) is 0.775. The molecule has 2 aromatic rings. The monoisotopic (exact) mass is 330 g/mol. The molecule has 3 rings (SSSR count). The van der Waals surface area contributed by atoms with Gasteiger partial charge in [0, 0.05) is 32.9 Å². The molecule has 8 heteroatoms. The van der Waals surface area contributed by atoms with Crippen molar-refractivity contribution >= 4 is 11.7 Å². The smallest absolute Gasteiger partial charge is 0.252 e. The number of nitrogens with one attached hydrogen (secondary N) is 1. The Hall–Kier alpha value is -2.48. The zero-order valence-corrected chi connectivity index (χ0v) is 13.8. The molecule has 0 aromatic carbocycles. The highest BCUT2D eigenvalue weighted by Crippen LogP contribution is 2.24. The van der Waals surface area contributed by atoms with E-state index in [-0.39, 0.29) is 5.91 Å². The van der Waals surface area contributed by atoms with Crippen LogP contribution in [0, 0.1) is 0 Å². The number of carbonyl (C=O) groups is 1. The molecule has 1 saturated heterocycles. The van der Waals surface area contributed by atoms with Crippen molar-refractivity contribution in [2.45, 2.75) is 18.9 Å². The summed E-state index contributed by atoms with van der Waals surface area (Å²) in [6, 6.07) is 4.12. The van der Waals surface area contributed by atoms with Crippen molar-refractivity contribution in [3.05, 3.63) is 36.5 Å². The van der Waals surface area contributed by atoms with E-state index in [0.29, 0.717) is 24.8 Å². The molecule has 1 fully saturated rings. The highest BCUT2D eigenvalue weighted by molar-refractivity contribution is 5.94. The summed E-state index contributed by atoms with van der Waals surface area (Å²) in [5, 5.41) is 7.00. The molecular weight excluding hydrogens is 308 g/mol. The van der Waals surface area contributed by atoms with Gasteiger partial charge in [0.25, 0.3) is 5.91 Å². The van der Waals surface area contributed by atoms with Crippen LogP contribution in [0.25, 0.3) is 0 Å². The van der Waals surface area contributed by atoms with Crippen LogP contribution >= 0.6 is 0 Å². The predicted octanol–water partition coefficient (Wildman–Crippen LogP) is 0.891. The van der Waals surface area contributed by atoms with Crippen molar-refractivity contribution in [1.82, 2.24) is 25.1 Å². The quantitative estimate of drug-likeness (QED) is 0.792. The van der Waals surface area contributed by atoms with Crippen LogP contribution in [0.4, 0.5) is 5.82 Å². The summed E-state index contributed by atoms with van der Waals surface area (Å²) in [5.41, 5.74) is 0.562. The van der Waals surface area contributed by atoms with E-state index in [9.17, 15) is 4.79 Å². The number of ether oxygens (including phenoxy) is 1. The number of nitrogens with zero attached hydrogens (tertiary/aromatic N) is 5. The average Bonchev–Trinajstić information content (AvgIpc) is 3.17. The lowest BCUT2D eigenvalue weighted by molar-refractivity contribution is 0.0937. The van der Waals surface area contributed by atoms with E-state index in [4.69, 9.17) is 4.74 Å². The molecule has 3 heterocycles. The Labute approximate surface area is 140 Å². The molecule has 24 heavy (non-hydrogen) atoms. The number of rotatable bonds is 6. The van der Waals surface area contributed by atoms with Gasteiger partial charge in [-0.3, -0.25) is 4.79 Å². The molecule has 1 aliphatic heterocycles. The highest BCUT2D eigenvalue weighted by atomic mass is 16.5. The van der Waals surface area contributed by atoms with Crippen LogP contribution in [0.2, 0.25) is 0 Å². The fraction of sp³-hybridized carbons (Fsp3) is 0.500. The van der Waals surface area contributed by atoms with Gasteiger partial charge in [-0.1, -0.05) is 0 Å². The molecule has 1 aliphatic rings. The fourth-order valence-electron chi connectivity index (χ4n) is 2.84. The van der Waals surface area contributed by atoms with Crippen molar-refractivity contribution in [3.8, 4) is 0 Å². The van der Waals surface area contributed by atoms with Crippen molar-refractivity contribution in [2.75, 3.05) is 38.3 Å². The Morgan fingerprint density at radius 3 is 2.83 bits per heavy atom. The second-order valence-electron chi connectivity index (χ2n) is 5.75. The van der Waals surface area contributed by atoms with E-state index in [0.717, 1.165) is 31.7 Å². The highest BCUT2D eigenvalue weighted by Gasteiger charge is 2.21. The molecule has 8 nitrogen and oxygen atoms in total. The van der Waals surface area contributed by atoms with Gasteiger partial charge in [0.05, 0.1) is 18.2 Å². The number of methoxy groups -OCH3 is 1. The Balaban J connectivity index is 1.54. The Morgan fingerprint density at radius 2 is 2.21 bits per heavy atom. The van der Waals surface area contributed by atoms with Gasteiger partial charge in [-0.25, -0.2) is 14.6 Å². The van der Waals surface area contributed by atoms with Crippen molar-refractivity contribution < 1.29 is 9.53 Å². The summed E-state index contributed by atoms with van der Waals surface area (Å²) >= 11 is 0. The summed E-state index contributed by atoms with van der Waals surface area (Å²) in [6.07, 6.45) is 6.98. The fourth-order valence-corrected chi connectivity index (χ4v) is 2.84. The molecule has 0 saturated carbocycles. The maximum atomic E-state index is 11.9. The molecule has 0 aliphatic carbocycles. The van der Waals surface area contributed by atoms with Gasteiger partial charge < -0.3 is 15.0 Å². The lowest BCUT2D eigenvalue weighted by atomic mass is 10.1. The van der Waals surface area contributed by atoms with Crippen LogP contribution in [0.1, 0.15) is 29.2 Å². The van der Waals surface area contributed by atoms with Gasteiger partial charge in [-0.05, 0) is 25.0 Å². The Morgan fingerprint density at radius 1 is 1.38 bits per heavy atom. The first kappa shape index (κ1) is 16.4. The number of carbonyl (C=O) groups excluding carboxylic acids is 1. The first-order valence-corrected chi connectivity index (χ1v) is 8.10. The van der Waals surface area contributed by atoms with Gasteiger partial charge in [0.2, 0.25) is 0 Å². The zero-order chi connectivity index (χ0) is 16.8. The van der Waals surface area contributed by atoms with Crippen molar-refractivity contribution in [2.24, 2.45) is 0 Å². The molecular formula is C16H22N6O2. The lowest BCUT2D eigenvalue weighted by Crippen LogP contribution is -2.35. The van der Waals surface area contributed by atoms with Gasteiger partial charge in [0.15, 0.2) is 0 Å². The maximum absolute atomic E-state index is 11.9. The zero-order valence-electron chi connectivity index (χ0n) is 13.8. The van der Waals surface area contributed by atoms with Gasteiger partial charge in [0.1, 0.15) is 18.5 Å². The molecule has 1 N–H and O–H groups in total. The summed E-state index contributed by atoms with van der Waals surface area (Å²) in [4.78, 5) is 22.6. The maximum Gasteiger partial charge on any atom is 0.252 e. The Kier molecular flexibility index (Phi) is 5.37. The SMILES string of the molecule is COCCNC(=O)c1ccc(N2CCC(n3cncn3)CC2)nc1. The summed E-state index contributed by atoms with van der Waals surface area (Å²) in [7, 11) is 1.61. The third-order valence-electron chi connectivity index (χ3n) is 4.20. The summed E-state index contributed by atoms with van der Waals surface area (Å²) in [6.45, 7) is 2.82. The molecule has 0 atom stereocenters. The van der Waals surface area contributed by atoms with Crippen LogP contribution in [0.5, 0.6) is 0 Å². The van der Waals surface area contributed by atoms with E-state index >= 15 is 0 Å². The minimum absolute atomic E-state index is 0.129. The van der Waals surface area contributed by atoms with Gasteiger partial charge in [-0.15, -0.1) is 0 Å². The van der Waals surface area contributed by atoms with Gasteiger partial charge >= 0.3 is 0 Å². The number of pyridine rings is 1. The molecule has 128 valence electrons. The molecule has 0 radical (unpaired) electrons. The third kappa shape index (κ3) is 3.88. The van der Waals surface area contributed by atoms with E-state index in [2.05, 4.69) is 25.3 Å². The van der Waals surface area contributed by atoms with E-state index < -0.39 is 0 Å². The van der Waals surface area contributed by atoms with E-state index in [1.165, 1.54) is 0 Å². The number of hydrogen-bond acceptors (Lipinski definition) is 6. The van der Waals surface area contributed by atoms with Crippen LogP contribution in [-0.2, 0) is 4.74 Å². The van der Waals surface area contributed by atoms with Crippen molar-refractivity contribution in [1.29, 1.82) is 0 Å².